The molecule has 0 atom stereocenters. The molecule has 0 saturated heterocycles. The second kappa shape index (κ2) is 12.0. The molecular formula is C28H33NO2. The van der Waals surface area contributed by atoms with Crippen LogP contribution in [0, 0.1) is 0 Å². The summed E-state index contributed by atoms with van der Waals surface area (Å²) in [4.78, 5) is 2.36. The lowest BCUT2D eigenvalue weighted by atomic mass is 10.0. The fourth-order valence-corrected chi connectivity index (χ4v) is 3.38. The predicted molar refractivity (Wildman–Crippen MR) is 130 cm³/mol. The van der Waals surface area contributed by atoms with Crippen LogP contribution in [0.25, 0.3) is 11.6 Å². The molecule has 0 fully saturated rings. The molecule has 3 heteroatoms. The smallest absolute Gasteiger partial charge is 0.119 e. The highest BCUT2D eigenvalue weighted by molar-refractivity contribution is 5.80. The molecule has 0 N–H and O–H groups in total. The lowest BCUT2D eigenvalue weighted by Crippen LogP contribution is -2.27. The van der Waals surface area contributed by atoms with Gasteiger partial charge < -0.3 is 14.4 Å². The topological polar surface area (TPSA) is 21.7 Å². The van der Waals surface area contributed by atoms with Gasteiger partial charge >= 0.3 is 0 Å². The van der Waals surface area contributed by atoms with Crippen LogP contribution in [0.4, 0.5) is 0 Å². The SMILES string of the molecule is CCN(CC)CCOc1ccc(/C(C)=C/c2ccc(OCc3ccccc3)cc2)cc1. The first-order valence-corrected chi connectivity index (χ1v) is 11.1. The summed E-state index contributed by atoms with van der Waals surface area (Å²) < 4.78 is 11.8. The second-order valence-corrected chi connectivity index (χ2v) is 7.57. The van der Waals surface area contributed by atoms with Gasteiger partial charge in [-0.25, -0.2) is 0 Å². The van der Waals surface area contributed by atoms with Gasteiger partial charge in [0, 0.05) is 6.54 Å². The molecule has 162 valence electrons. The van der Waals surface area contributed by atoms with E-state index in [1.807, 2.05) is 30.3 Å². The van der Waals surface area contributed by atoms with Crippen LogP contribution >= 0.6 is 0 Å². The van der Waals surface area contributed by atoms with Crippen LogP contribution in [0.5, 0.6) is 11.5 Å². The maximum absolute atomic E-state index is 5.89. The summed E-state index contributed by atoms with van der Waals surface area (Å²) in [5, 5.41) is 0. The van der Waals surface area contributed by atoms with Gasteiger partial charge in [-0.2, -0.15) is 0 Å². The van der Waals surface area contributed by atoms with E-state index in [-0.39, 0.29) is 0 Å². The third kappa shape index (κ3) is 7.30. The monoisotopic (exact) mass is 415 g/mol. The summed E-state index contributed by atoms with van der Waals surface area (Å²) in [6.45, 7) is 10.9. The molecule has 0 heterocycles. The molecule has 3 nitrogen and oxygen atoms in total. The van der Waals surface area contributed by atoms with Crippen molar-refractivity contribution >= 4 is 11.6 Å². The van der Waals surface area contributed by atoms with Crippen LogP contribution in [0.3, 0.4) is 0 Å². The first-order chi connectivity index (χ1) is 15.2. The molecule has 0 aliphatic heterocycles. The summed E-state index contributed by atoms with van der Waals surface area (Å²) in [7, 11) is 0. The molecule has 0 unspecified atom stereocenters. The molecule has 0 aliphatic carbocycles. The van der Waals surface area contributed by atoms with Crippen molar-refractivity contribution in [3.8, 4) is 11.5 Å². The lowest BCUT2D eigenvalue weighted by molar-refractivity contribution is 0.223. The Labute approximate surface area is 186 Å². The summed E-state index contributed by atoms with van der Waals surface area (Å²) >= 11 is 0. The molecule has 0 spiro atoms. The average molecular weight is 416 g/mol. The van der Waals surface area contributed by atoms with E-state index in [0.29, 0.717) is 13.2 Å². The highest BCUT2D eigenvalue weighted by Crippen LogP contribution is 2.22. The van der Waals surface area contributed by atoms with E-state index < -0.39 is 0 Å². The standard InChI is InChI=1S/C28H33NO2/c1-4-29(5-2)19-20-30-27-17-13-26(14-18-27)23(3)21-24-11-15-28(16-12-24)31-22-25-9-7-6-8-10-25/h6-18,21H,4-5,19-20,22H2,1-3H3/b23-21+. The summed E-state index contributed by atoms with van der Waals surface area (Å²) in [6, 6.07) is 26.8. The highest BCUT2D eigenvalue weighted by Gasteiger charge is 2.02. The van der Waals surface area contributed by atoms with E-state index in [9.17, 15) is 0 Å². The minimum Gasteiger partial charge on any atom is -0.492 e. The van der Waals surface area contributed by atoms with Gasteiger partial charge in [0.15, 0.2) is 0 Å². The molecule has 0 aliphatic rings. The molecule has 3 rings (SSSR count). The molecule has 0 saturated carbocycles. The number of rotatable bonds is 11. The van der Waals surface area contributed by atoms with Crippen LogP contribution in [-0.4, -0.2) is 31.1 Å². The van der Waals surface area contributed by atoms with Crippen molar-refractivity contribution in [2.75, 3.05) is 26.2 Å². The van der Waals surface area contributed by atoms with Crippen molar-refractivity contribution in [1.82, 2.24) is 4.90 Å². The van der Waals surface area contributed by atoms with Gasteiger partial charge in [0.1, 0.15) is 24.7 Å². The maximum atomic E-state index is 5.89. The molecule has 0 amide bonds. The van der Waals surface area contributed by atoms with Crippen molar-refractivity contribution in [3.05, 3.63) is 95.6 Å². The van der Waals surface area contributed by atoms with Crippen LogP contribution in [0.1, 0.15) is 37.5 Å². The molecule has 0 aromatic heterocycles. The van der Waals surface area contributed by atoms with Crippen LogP contribution in [0.2, 0.25) is 0 Å². The average Bonchev–Trinajstić information content (AvgIpc) is 2.82. The van der Waals surface area contributed by atoms with Crippen LogP contribution < -0.4 is 9.47 Å². The second-order valence-electron chi connectivity index (χ2n) is 7.57. The van der Waals surface area contributed by atoms with Crippen molar-refractivity contribution in [2.24, 2.45) is 0 Å². The third-order valence-corrected chi connectivity index (χ3v) is 5.39. The summed E-state index contributed by atoms with van der Waals surface area (Å²) in [6.07, 6.45) is 2.19. The Morgan fingerprint density at radius 1 is 0.774 bits per heavy atom. The van der Waals surface area contributed by atoms with E-state index in [0.717, 1.165) is 36.7 Å². The molecule has 3 aromatic rings. The van der Waals surface area contributed by atoms with E-state index in [1.165, 1.54) is 16.7 Å². The lowest BCUT2D eigenvalue weighted by Gasteiger charge is -2.18. The van der Waals surface area contributed by atoms with E-state index in [1.54, 1.807) is 0 Å². The number of ether oxygens (including phenoxy) is 2. The molecule has 0 bridgehead atoms. The zero-order valence-corrected chi connectivity index (χ0v) is 18.9. The Kier molecular flexibility index (Phi) is 8.74. The Morgan fingerprint density at radius 2 is 1.39 bits per heavy atom. The van der Waals surface area contributed by atoms with Gasteiger partial charge in [0.25, 0.3) is 0 Å². The van der Waals surface area contributed by atoms with Gasteiger partial charge in [0.05, 0.1) is 0 Å². The van der Waals surface area contributed by atoms with E-state index >= 15 is 0 Å². The zero-order chi connectivity index (χ0) is 21.9. The quantitative estimate of drug-likeness (QED) is 0.332. The molecule has 31 heavy (non-hydrogen) atoms. The van der Waals surface area contributed by atoms with Gasteiger partial charge in [-0.3, -0.25) is 0 Å². The van der Waals surface area contributed by atoms with E-state index in [4.69, 9.17) is 9.47 Å². The van der Waals surface area contributed by atoms with E-state index in [2.05, 4.69) is 80.3 Å². The maximum Gasteiger partial charge on any atom is 0.119 e. The Balaban J connectivity index is 1.53. The Morgan fingerprint density at radius 3 is 2.03 bits per heavy atom. The van der Waals surface area contributed by atoms with Crippen molar-refractivity contribution < 1.29 is 9.47 Å². The van der Waals surface area contributed by atoms with Crippen LogP contribution in [0.15, 0.2) is 78.9 Å². The number of hydrogen-bond donors (Lipinski definition) is 0. The summed E-state index contributed by atoms with van der Waals surface area (Å²) in [5.41, 5.74) is 4.74. The number of hydrogen-bond acceptors (Lipinski definition) is 3. The summed E-state index contributed by atoms with van der Waals surface area (Å²) in [5.74, 6) is 1.80. The van der Waals surface area contributed by atoms with Crippen molar-refractivity contribution in [1.29, 1.82) is 0 Å². The number of benzene rings is 3. The van der Waals surface area contributed by atoms with Gasteiger partial charge in [0.2, 0.25) is 0 Å². The van der Waals surface area contributed by atoms with Gasteiger partial charge in [-0.1, -0.05) is 74.5 Å². The number of likely N-dealkylation sites (N-methyl/N-ethyl adjacent to an activating group) is 1. The first kappa shape index (κ1) is 22.6. The van der Waals surface area contributed by atoms with Crippen LogP contribution in [-0.2, 0) is 6.61 Å². The minimum atomic E-state index is 0.582. The fourth-order valence-electron chi connectivity index (χ4n) is 3.38. The van der Waals surface area contributed by atoms with Gasteiger partial charge in [-0.15, -0.1) is 0 Å². The first-order valence-electron chi connectivity index (χ1n) is 11.1. The van der Waals surface area contributed by atoms with Crippen molar-refractivity contribution in [3.63, 3.8) is 0 Å². The Bertz CT molecular complexity index is 927. The normalized spacial score (nSPS) is 11.5. The van der Waals surface area contributed by atoms with Crippen molar-refractivity contribution in [2.45, 2.75) is 27.4 Å². The largest absolute Gasteiger partial charge is 0.492 e. The predicted octanol–water partition coefficient (Wildman–Crippen LogP) is 6.55. The molecule has 0 radical (unpaired) electrons. The Hall–Kier alpha value is -3.04. The molecule has 3 aromatic carbocycles. The highest BCUT2D eigenvalue weighted by atomic mass is 16.5. The number of nitrogens with zero attached hydrogens (tertiary/aromatic N) is 1. The molecular weight excluding hydrogens is 382 g/mol. The van der Waals surface area contributed by atoms with Gasteiger partial charge in [-0.05, 0) is 66.5 Å². The number of allylic oxidation sites excluding steroid dienone is 1. The third-order valence-electron chi connectivity index (χ3n) is 5.39. The minimum absolute atomic E-state index is 0.582. The zero-order valence-electron chi connectivity index (χ0n) is 18.9. The fraction of sp³-hybridized carbons (Fsp3) is 0.286.